The summed E-state index contributed by atoms with van der Waals surface area (Å²) in [5.74, 6) is 0.182. The summed E-state index contributed by atoms with van der Waals surface area (Å²) in [5, 5.41) is 11.1. The molecule has 5 heteroatoms. The zero-order valence-corrected chi connectivity index (χ0v) is 16.4. The van der Waals surface area contributed by atoms with Crippen LogP contribution in [0.5, 0.6) is 0 Å². The Labute approximate surface area is 151 Å². The van der Waals surface area contributed by atoms with E-state index in [-0.39, 0.29) is 12.3 Å². The number of rotatable bonds is 7. The van der Waals surface area contributed by atoms with E-state index in [0.717, 1.165) is 25.7 Å². The van der Waals surface area contributed by atoms with Crippen LogP contribution in [0, 0.1) is 11.3 Å². The van der Waals surface area contributed by atoms with E-state index in [1.54, 1.807) is 0 Å². The fraction of sp³-hybridized carbons (Fsp3) is 0.950. The predicted octanol–water partition coefficient (Wildman–Crippen LogP) is 3.57. The molecule has 0 saturated heterocycles. The Morgan fingerprint density at radius 3 is 2.40 bits per heavy atom. The monoisotopic (exact) mass is 354 g/mol. The summed E-state index contributed by atoms with van der Waals surface area (Å²) in [4.78, 5) is 12.7. The molecule has 4 saturated carbocycles. The second-order valence-corrected chi connectivity index (χ2v) is 9.37. The molecule has 4 rings (SSSR count). The van der Waals surface area contributed by atoms with Crippen molar-refractivity contribution in [1.82, 2.24) is 0 Å². The molecule has 4 bridgehead atoms. The third-order valence-electron chi connectivity index (χ3n) is 6.50. The topological polar surface area (TPSA) is 65.0 Å². The molecule has 0 aliphatic heterocycles. The molecular formula is C20H34O5. The Hall–Kier alpha value is -0.650. The van der Waals surface area contributed by atoms with Crippen molar-refractivity contribution in [2.24, 2.45) is 11.3 Å². The van der Waals surface area contributed by atoms with Crippen LogP contribution < -0.4 is 0 Å². The predicted molar refractivity (Wildman–Crippen MR) is 93.9 cm³/mol. The number of aliphatic hydroxyl groups is 1. The van der Waals surface area contributed by atoms with Gasteiger partial charge in [-0.3, -0.25) is 4.79 Å². The molecule has 4 aliphatic rings. The molecular weight excluding hydrogens is 320 g/mol. The minimum Gasteiger partial charge on any atom is -0.458 e. The number of hydrogen-bond acceptors (Lipinski definition) is 5. The van der Waals surface area contributed by atoms with E-state index in [0.29, 0.717) is 31.8 Å². The molecule has 0 radical (unpaired) electrons. The van der Waals surface area contributed by atoms with Gasteiger partial charge in [0.1, 0.15) is 5.60 Å². The van der Waals surface area contributed by atoms with Gasteiger partial charge in [-0.05, 0) is 59.3 Å². The first-order chi connectivity index (χ1) is 11.5. The second kappa shape index (κ2) is 6.21. The molecule has 0 aromatic rings. The van der Waals surface area contributed by atoms with Crippen molar-refractivity contribution >= 4 is 5.97 Å². The van der Waals surface area contributed by atoms with E-state index in [1.807, 2.05) is 34.6 Å². The normalized spacial score (nSPS) is 41.0. The lowest BCUT2D eigenvalue weighted by Gasteiger charge is -2.64. The van der Waals surface area contributed by atoms with Crippen LogP contribution >= 0.6 is 0 Å². The molecule has 0 spiro atoms. The largest absolute Gasteiger partial charge is 0.458 e. The van der Waals surface area contributed by atoms with Crippen molar-refractivity contribution < 1.29 is 24.1 Å². The number of esters is 1. The fourth-order valence-corrected chi connectivity index (χ4v) is 5.56. The summed E-state index contributed by atoms with van der Waals surface area (Å²) in [6, 6.07) is 0. The summed E-state index contributed by atoms with van der Waals surface area (Å²) in [6.07, 6.45) is 4.79. The number of carbonyl (C=O) groups excluding carboxylic acids is 1. The first kappa shape index (κ1) is 19.1. The van der Waals surface area contributed by atoms with Crippen molar-refractivity contribution in [2.75, 3.05) is 6.61 Å². The maximum Gasteiger partial charge on any atom is 0.312 e. The van der Waals surface area contributed by atoms with Crippen molar-refractivity contribution in [2.45, 2.75) is 103 Å². The molecule has 0 aromatic carbocycles. The van der Waals surface area contributed by atoms with Crippen molar-refractivity contribution in [1.29, 1.82) is 0 Å². The van der Waals surface area contributed by atoms with Gasteiger partial charge >= 0.3 is 5.97 Å². The average molecular weight is 354 g/mol. The fourth-order valence-electron chi connectivity index (χ4n) is 5.56. The molecule has 4 fully saturated rings. The molecule has 5 nitrogen and oxygen atoms in total. The molecule has 0 aromatic heterocycles. The number of ether oxygens (including phenoxy) is 3. The van der Waals surface area contributed by atoms with Gasteiger partial charge in [-0.25, -0.2) is 0 Å². The summed E-state index contributed by atoms with van der Waals surface area (Å²) in [7, 11) is 0. The molecule has 4 aliphatic carbocycles. The molecule has 5 unspecified atom stereocenters. The summed E-state index contributed by atoms with van der Waals surface area (Å²) < 4.78 is 18.0. The maximum atomic E-state index is 12.7. The van der Waals surface area contributed by atoms with E-state index in [9.17, 15) is 9.90 Å². The van der Waals surface area contributed by atoms with Crippen molar-refractivity contribution in [3.63, 3.8) is 0 Å². The van der Waals surface area contributed by atoms with E-state index in [1.165, 1.54) is 0 Å². The number of hydrogen-bond donors (Lipinski definition) is 1. The van der Waals surface area contributed by atoms with Crippen molar-refractivity contribution in [3.05, 3.63) is 0 Å². The van der Waals surface area contributed by atoms with Gasteiger partial charge in [0.25, 0.3) is 0 Å². The zero-order chi connectivity index (χ0) is 18.5. The molecule has 0 amide bonds. The van der Waals surface area contributed by atoms with Gasteiger partial charge in [0, 0.05) is 25.9 Å². The van der Waals surface area contributed by atoms with Crippen LogP contribution in [0.1, 0.15) is 79.6 Å². The van der Waals surface area contributed by atoms with Gasteiger partial charge in [-0.15, -0.1) is 0 Å². The third kappa shape index (κ3) is 3.60. The average Bonchev–Trinajstić information content (AvgIpc) is 2.43. The second-order valence-electron chi connectivity index (χ2n) is 9.37. The molecule has 144 valence electrons. The highest BCUT2D eigenvalue weighted by molar-refractivity contribution is 5.76. The Kier molecular flexibility index (Phi) is 4.75. The van der Waals surface area contributed by atoms with E-state index < -0.39 is 22.2 Å². The van der Waals surface area contributed by atoms with Gasteiger partial charge in [0.05, 0.1) is 16.6 Å². The first-order valence-electron chi connectivity index (χ1n) is 9.80. The minimum absolute atomic E-state index is 0.159. The highest BCUT2D eigenvalue weighted by atomic mass is 16.7. The summed E-state index contributed by atoms with van der Waals surface area (Å²) >= 11 is 0. The lowest BCUT2D eigenvalue weighted by Crippen LogP contribution is -2.68. The van der Waals surface area contributed by atoms with Gasteiger partial charge in [0.15, 0.2) is 6.29 Å². The Morgan fingerprint density at radius 1 is 1.16 bits per heavy atom. The SMILES string of the molecule is CCOC(C)OC12CC3CC(O)(CC(OC(=O)C(C)(C)CC)(C3)C1)C2. The maximum absolute atomic E-state index is 12.7. The van der Waals surface area contributed by atoms with E-state index in [4.69, 9.17) is 14.2 Å². The van der Waals surface area contributed by atoms with Crippen LogP contribution in [0.25, 0.3) is 0 Å². The van der Waals surface area contributed by atoms with Crippen LogP contribution in [0.2, 0.25) is 0 Å². The zero-order valence-electron chi connectivity index (χ0n) is 16.4. The van der Waals surface area contributed by atoms with Crippen LogP contribution in [0.3, 0.4) is 0 Å². The molecule has 0 heterocycles. The molecule has 25 heavy (non-hydrogen) atoms. The summed E-state index contributed by atoms with van der Waals surface area (Å²) in [6.45, 7) is 10.3. The Balaban J connectivity index is 1.83. The van der Waals surface area contributed by atoms with Crippen LogP contribution in [0.4, 0.5) is 0 Å². The van der Waals surface area contributed by atoms with Crippen molar-refractivity contribution in [3.8, 4) is 0 Å². The first-order valence-corrected chi connectivity index (χ1v) is 9.80. The Morgan fingerprint density at radius 2 is 1.80 bits per heavy atom. The lowest BCUT2D eigenvalue weighted by molar-refractivity contribution is -0.307. The van der Waals surface area contributed by atoms with Gasteiger partial charge in [-0.1, -0.05) is 6.92 Å². The van der Waals surface area contributed by atoms with Gasteiger partial charge in [0.2, 0.25) is 0 Å². The smallest absolute Gasteiger partial charge is 0.312 e. The highest BCUT2D eigenvalue weighted by Crippen LogP contribution is 2.62. The highest BCUT2D eigenvalue weighted by Gasteiger charge is 2.66. The van der Waals surface area contributed by atoms with Crippen LogP contribution in [0.15, 0.2) is 0 Å². The Bertz CT molecular complexity index is 532. The number of carbonyl (C=O) groups is 1. The molecule has 5 atom stereocenters. The van der Waals surface area contributed by atoms with Gasteiger partial charge < -0.3 is 19.3 Å². The third-order valence-corrected chi connectivity index (χ3v) is 6.50. The summed E-state index contributed by atoms with van der Waals surface area (Å²) in [5.41, 5.74) is -2.33. The van der Waals surface area contributed by atoms with E-state index in [2.05, 4.69) is 0 Å². The lowest BCUT2D eigenvalue weighted by atomic mass is 9.50. The standard InChI is InChI=1S/C20H34O5/c1-6-17(4,5)16(21)25-20-10-15-8-18(22,12-20)11-19(9-15,13-20)24-14(3)23-7-2/h14-15,22H,6-13H2,1-5H3. The van der Waals surface area contributed by atoms with Crippen LogP contribution in [-0.4, -0.2) is 40.8 Å². The molecule has 1 N–H and O–H groups in total. The quantitative estimate of drug-likeness (QED) is 0.559. The van der Waals surface area contributed by atoms with Crippen LogP contribution in [-0.2, 0) is 19.0 Å². The van der Waals surface area contributed by atoms with E-state index >= 15 is 0 Å². The minimum atomic E-state index is -0.790. The van der Waals surface area contributed by atoms with Gasteiger partial charge in [-0.2, -0.15) is 0 Å².